The Balaban J connectivity index is 1.95. The van der Waals surface area contributed by atoms with E-state index in [4.69, 9.17) is 34.8 Å². The maximum Gasteiger partial charge on any atom is 0.352 e. The highest BCUT2D eigenvalue weighted by Crippen LogP contribution is 2.37. The third-order valence-electron chi connectivity index (χ3n) is 3.93. The molecule has 23 heavy (non-hydrogen) atoms. The molecule has 0 fully saturated rings. The van der Waals surface area contributed by atoms with Crippen LogP contribution in [0.2, 0.25) is 10.0 Å². The Bertz CT molecular complexity index is 743. The van der Waals surface area contributed by atoms with Crippen molar-refractivity contribution >= 4 is 52.2 Å². The number of carbonyl (C=O) groups is 1. The van der Waals surface area contributed by atoms with Crippen molar-refractivity contribution in [3.05, 3.63) is 51.5 Å². The SMILES string of the molecule is O=C(O)C1=NN(c2ccc(Cl)cc2Cl)[C@@H](C2C=CC(Cl)=CC2)C1. The molecule has 1 aromatic carbocycles. The highest BCUT2D eigenvalue weighted by molar-refractivity contribution is 6.38. The van der Waals surface area contributed by atoms with E-state index in [1.807, 2.05) is 18.2 Å². The Kier molecular flexibility index (Phi) is 4.67. The lowest BCUT2D eigenvalue weighted by Crippen LogP contribution is -2.34. The van der Waals surface area contributed by atoms with Gasteiger partial charge in [0.2, 0.25) is 0 Å². The van der Waals surface area contributed by atoms with Gasteiger partial charge in [-0.2, -0.15) is 5.10 Å². The zero-order chi connectivity index (χ0) is 16.6. The predicted molar refractivity (Wildman–Crippen MR) is 93.6 cm³/mol. The average molecular weight is 372 g/mol. The molecule has 2 atom stereocenters. The van der Waals surface area contributed by atoms with Crippen molar-refractivity contribution in [2.75, 3.05) is 5.01 Å². The summed E-state index contributed by atoms with van der Waals surface area (Å²) in [6, 6.07) is 4.96. The summed E-state index contributed by atoms with van der Waals surface area (Å²) in [5.74, 6) is -0.916. The van der Waals surface area contributed by atoms with Gasteiger partial charge in [-0.3, -0.25) is 5.01 Å². The van der Waals surface area contributed by atoms with Crippen molar-refractivity contribution in [3.63, 3.8) is 0 Å². The second-order valence-corrected chi connectivity index (χ2v) is 6.69. The molecule has 0 saturated heterocycles. The van der Waals surface area contributed by atoms with Crippen molar-refractivity contribution in [2.24, 2.45) is 11.0 Å². The highest BCUT2D eigenvalue weighted by Gasteiger charge is 2.36. The molecule has 0 spiro atoms. The third-order valence-corrected chi connectivity index (χ3v) is 4.75. The van der Waals surface area contributed by atoms with Crippen molar-refractivity contribution in [2.45, 2.75) is 18.9 Å². The molecule has 1 N–H and O–H groups in total. The van der Waals surface area contributed by atoms with E-state index in [9.17, 15) is 9.90 Å². The maximum atomic E-state index is 11.3. The molecule has 3 rings (SSSR count). The van der Waals surface area contributed by atoms with Gasteiger partial charge in [-0.25, -0.2) is 4.79 Å². The first-order valence-corrected chi connectivity index (χ1v) is 8.18. The zero-order valence-electron chi connectivity index (χ0n) is 11.9. The van der Waals surface area contributed by atoms with Crippen LogP contribution in [0.5, 0.6) is 0 Å². The summed E-state index contributed by atoms with van der Waals surface area (Å²) in [5.41, 5.74) is 0.765. The van der Waals surface area contributed by atoms with Crippen LogP contribution < -0.4 is 5.01 Å². The van der Waals surface area contributed by atoms with E-state index in [1.54, 1.807) is 23.2 Å². The van der Waals surface area contributed by atoms with E-state index in [0.717, 1.165) is 6.42 Å². The van der Waals surface area contributed by atoms with E-state index in [-0.39, 0.29) is 17.7 Å². The fourth-order valence-electron chi connectivity index (χ4n) is 2.79. The lowest BCUT2D eigenvalue weighted by molar-refractivity contribution is -0.129. The fraction of sp³-hybridized carbons (Fsp3) is 0.250. The zero-order valence-corrected chi connectivity index (χ0v) is 14.2. The molecule has 1 unspecified atom stereocenters. The molecule has 2 aliphatic rings. The number of nitrogens with zero attached hydrogens (tertiary/aromatic N) is 2. The standard InChI is InChI=1S/C16H13Cl3N2O2/c17-10-3-1-9(2-4-10)15-8-13(16(22)23)20-21(15)14-6-5-11(18)7-12(14)19/h1,3-7,9,15H,2,8H2,(H,22,23)/t9?,15-/m1/s1. The summed E-state index contributed by atoms with van der Waals surface area (Å²) in [7, 11) is 0. The van der Waals surface area contributed by atoms with Crippen molar-refractivity contribution in [3.8, 4) is 0 Å². The second kappa shape index (κ2) is 6.56. The number of benzene rings is 1. The molecule has 1 aromatic rings. The predicted octanol–water partition coefficient (Wildman–Crippen LogP) is 4.71. The van der Waals surface area contributed by atoms with Gasteiger partial charge in [0.15, 0.2) is 0 Å². The van der Waals surface area contributed by atoms with Crippen LogP contribution in [0.1, 0.15) is 12.8 Å². The van der Waals surface area contributed by atoms with Crippen molar-refractivity contribution < 1.29 is 9.90 Å². The largest absolute Gasteiger partial charge is 0.477 e. The number of carboxylic acid groups (broad SMARTS) is 1. The molecule has 4 nitrogen and oxygen atoms in total. The van der Waals surface area contributed by atoms with E-state index in [1.165, 1.54) is 0 Å². The van der Waals surface area contributed by atoms with Crippen molar-refractivity contribution in [1.29, 1.82) is 0 Å². The summed E-state index contributed by atoms with van der Waals surface area (Å²) < 4.78 is 0. The van der Waals surface area contributed by atoms with Crippen LogP contribution in [0, 0.1) is 5.92 Å². The first kappa shape index (κ1) is 16.4. The normalized spacial score (nSPS) is 23.7. The number of anilines is 1. The molecule has 1 aliphatic carbocycles. The van der Waals surface area contributed by atoms with E-state index in [2.05, 4.69) is 5.10 Å². The summed E-state index contributed by atoms with van der Waals surface area (Å²) in [6.07, 6.45) is 6.81. The fourth-order valence-corrected chi connectivity index (χ4v) is 3.45. The summed E-state index contributed by atoms with van der Waals surface area (Å²) in [6.45, 7) is 0. The minimum absolute atomic E-state index is 0.102. The molecule has 0 bridgehead atoms. The monoisotopic (exact) mass is 370 g/mol. The van der Waals surface area contributed by atoms with Gasteiger partial charge in [0.05, 0.1) is 16.8 Å². The van der Waals surface area contributed by atoms with Gasteiger partial charge in [-0.15, -0.1) is 0 Å². The van der Waals surface area contributed by atoms with E-state index < -0.39 is 5.97 Å². The first-order valence-electron chi connectivity index (χ1n) is 7.04. The molecule has 1 aliphatic heterocycles. The Morgan fingerprint density at radius 1 is 1.30 bits per heavy atom. The van der Waals surface area contributed by atoms with Gasteiger partial charge in [0.1, 0.15) is 5.71 Å². The summed E-state index contributed by atoms with van der Waals surface area (Å²) in [4.78, 5) is 11.3. The number of allylic oxidation sites excluding steroid dienone is 3. The molecule has 1 heterocycles. The quantitative estimate of drug-likeness (QED) is 0.837. The number of hydrogen-bond acceptors (Lipinski definition) is 3. The topological polar surface area (TPSA) is 52.9 Å². The molecule has 0 amide bonds. The number of hydrazone groups is 1. The first-order chi connectivity index (χ1) is 11.0. The minimum atomic E-state index is -1.02. The van der Waals surface area contributed by atoms with E-state index in [0.29, 0.717) is 27.2 Å². The Labute approximate surface area is 148 Å². The molecule has 0 aromatic heterocycles. The maximum absolute atomic E-state index is 11.3. The van der Waals surface area contributed by atoms with Crippen LogP contribution in [0.4, 0.5) is 5.69 Å². The molecule has 0 radical (unpaired) electrons. The Hall–Kier alpha value is -1.49. The van der Waals surface area contributed by atoms with Gasteiger partial charge >= 0.3 is 5.97 Å². The summed E-state index contributed by atoms with van der Waals surface area (Å²) in [5, 5.41) is 16.9. The third kappa shape index (κ3) is 3.39. The van der Waals surface area contributed by atoms with E-state index >= 15 is 0 Å². The van der Waals surface area contributed by atoms with Crippen LogP contribution in [0.3, 0.4) is 0 Å². The number of aliphatic carboxylic acids is 1. The van der Waals surface area contributed by atoms with Gasteiger partial charge in [-0.05, 0) is 30.7 Å². The van der Waals surface area contributed by atoms with Crippen LogP contribution in [0.15, 0.2) is 46.6 Å². The molecule has 120 valence electrons. The lowest BCUT2D eigenvalue weighted by atomic mass is 9.89. The van der Waals surface area contributed by atoms with Crippen LogP contribution in [-0.2, 0) is 4.79 Å². The molecule has 0 saturated carbocycles. The number of rotatable bonds is 3. The lowest BCUT2D eigenvalue weighted by Gasteiger charge is -2.30. The summed E-state index contributed by atoms with van der Waals surface area (Å²) >= 11 is 18.2. The minimum Gasteiger partial charge on any atom is -0.477 e. The van der Waals surface area contributed by atoms with Gasteiger partial charge < -0.3 is 5.11 Å². The smallest absolute Gasteiger partial charge is 0.352 e. The number of carboxylic acids is 1. The Morgan fingerprint density at radius 3 is 2.70 bits per heavy atom. The van der Waals surface area contributed by atoms with Gasteiger partial charge in [0, 0.05) is 22.4 Å². The van der Waals surface area contributed by atoms with Crippen LogP contribution >= 0.6 is 34.8 Å². The second-order valence-electron chi connectivity index (χ2n) is 5.41. The Morgan fingerprint density at radius 2 is 2.09 bits per heavy atom. The average Bonchev–Trinajstić information content (AvgIpc) is 2.93. The van der Waals surface area contributed by atoms with Gasteiger partial charge in [-0.1, -0.05) is 47.0 Å². The molecular weight excluding hydrogens is 359 g/mol. The van der Waals surface area contributed by atoms with Crippen molar-refractivity contribution in [1.82, 2.24) is 0 Å². The molecule has 7 heteroatoms. The highest BCUT2D eigenvalue weighted by atomic mass is 35.5. The van der Waals surface area contributed by atoms with Crippen LogP contribution in [-0.4, -0.2) is 22.8 Å². The van der Waals surface area contributed by atoms with Gasteiger partial charge in [0.25, 0.3) is 0 Å². The van der Waals surface area contributed by atoms with Crippen LogP contribution in [0.25, 0.3) is 0 Å². The molecular formula is C16H13Cl3N2O2. The number of hydrogen-bond donors (Lipinski definition) is 1. The number of halogens is 3.